The first-order valence-corrected chi connectivity index (χ1v) is 13.0. The number of aromatic amines is 1. The average molecular weight is 546 g/mol. The molecule has 2 unspecified atom stereocenters. The number of benzene rings is 1. The van der Waals surface area contributed by atoms with E-state index < -0.39 is 11.9 Å². The highest BCUT2D eigenvalue weighted by Crippen LogP contribution is 2.33. The third kappa shape index (κ3) is 5.35. The van der Waals surface area contributed by atoms with Crippen LogP contribution in [0.3, 0.4) is 0 Å². The van der Waals surface area contributed by atoms with Gasteiger partial charge in [0.2, 0.25) is 0 Å². The highest BCUT2D eigenvalue weighted by atomic mass is 19.4. The summed E-state index contributed by atoms with van der Waals surface area (Å²) < 4.78 is 46.5. The quantitative estimate of drug-likeness (QED) is 0.332. The number of fused-ring (bicyclic) bond motifs is 1. The van der Waals surface area contributed by atoms with Crippen LogP contribution >= 0.6 is 0 Å². The molecule has 39 heavy (non-hydrogen) atoms. The SMILES string of the molecule is CCCn1c(=O)c2[nH]c(-c3cnn(C(c4ccc(OC(F)(F)F)cc4)C4CCNC4)c3)nc2n(CCC)c1=O. The molecule has 3 aromatic heterocycles. The van der Waals surface area contributed by atoms with Gasteiger partial charge in [0.25, 0.3) is 5.56 Å². The van der Waals surface area contributed by atoms with Gasteiger partial charge in [0.15, 0.2) is 5.65 Å². The van der Waals surface area contributed by atoms with E-state index in [1.165, 1.54) is 21.3 Å². The number of rotatable bonds is 9. The lowest BCUT2D eigenvalue weighted by Gasteiger charge is -2.24. The molecule has 4 heterocycles. The van der Waals surface area contributed by atoms with Crippen LogP contribution in [0.4, 0.5) is 13.2 Å². The highest BCUT2D eigenvalue weighted by molar-refractivity contribution is 5.75. The summed E-state index contributed by atoms with van der Waals surface area (Å²) in [6.07, 6.45) is 0.868. The lowest BCUT2D eigenvalue weighted by molar-refractivity contribution is -0.274. The number of nitrogens with zero attached hydrogens (tertiary/aromatic N) is 5. The predicted octanol–water partition coefficient (Wildman–Crippen LogP) is 3.67. The Morgan fingerprint density at radius 1 is 1.10 bits per heavy atom. The predicted molar refractivity (Wildman–Crippen MR) is 139 cm³/mol. The van der Waals surface area contributed by atoms with Crippen molar-refractivity contribution in [2.75, 3.05) is 13.1 Å². The smallest absolute Gasteiger partial charge is 0.406 e. The number of imidazole rings is 1. The van der Waals surface area contributed by atoms with Gasteiger partial charge in [-0.05, 0) is 49.4 Å². The number of aryl methyl sites for hydroxylation is 1. The molecular formula is C26H30F3N7O3. The summed E-state index contributed by atoms with van der Waals surface area (Å²) in [7, 11) is 0. The van der Waals surface area contributed by atoms with Crippen molar-refractivity contribution in [3.63, 3.8) is 0 Å². The third-order valence-corrected chi connectivity index (χ3v) is 6.92. The lowest BCUT2D eigenvalue weighted by Crippen LogP contribution is -2.40. The van der Waals surface area contributed by atoms with E-state index in [2.05, 4.69) is 25.1 Å². The van der Waals surface area contributed by atoms with Crippen LogP contribution < -0.4 is 21.3 Å². The lowest BCUT2D eigenvalue weighted by atomic mass is 9.92. The number of ether oxygens (including phenoxy) is 1. The molecule has 0 aliphatic carbocycles. The Labute approximate surface area is 221 Å². The second-order valence-electron chi connectivity index (χ2n) is 9.70. The maximum Gasteiger partial charge on any atom is 0.573 e. The molecule has 0 amide bonds. The molecule has 1 aromatic carbocycles. The zero-order valence-electron chi connectivity index (χ0n) is 21.7. The van der Waals surface area contributed by atoms with E-state index in [-0.39, 0.29) is 28.9 Å². The summed E-state index contributed by atoms with van der Waals surface area (Å²) in [5.74, 6) is 0.271. The minimum atomic E-state index is -4.76. The second-order valence-corrected chi connectivity index (χ2v) is 9.70. The number of nitrogens with one attached hydrogen (secondary N) is 2. The summed E-state index contributed by atoms with van der Waals surface area (Å²) in [6.45, 7) is 6.14. The first-order chi connectivity index (χ1) is 18.7. The maximum atomic E-state index is 13.1. The molecule has 0 saturated carbocycles. The summed E-state index contributed by atoms with van der Waals surface area (Å²) in [5.41, 5.74) is 1.19. The third-order valence-electron chi connectivity index (χ3n) is 6.92. The zero-order valence-corrected chi connectivity index (χ0v) is 21.7. The van der Waals surface area contributed by atoms with Crippen molar-refractivity contribution in [2.45, 2.75) is 58.6 Å². The molecule has 2 atom stereocenters. The van der Waals surface area contributed by atoms with Crippen LogP contribution in [0.1, 0.15) is 44.7 Å². The summed E-state index contributed by atoms with van der Waals surface area (Å²) in [6, 6.07) is 5.59. The number of H-pyrrole nitrogens is 1. The van der Waals surface area contributed by atoms with Crippen LogP contribution in [0.15, 0.2) is 46.2 Å². The molecule has 0 spiro atoms. The monoisotopic (exact) mass is 545 g/mol. The fraction of sp³-hybridized carbons (Fsp3) is 0.462. The van der Waals surface area contributed by atoms with Gasteiger partial charge < -0.3 is 15.0 Å². The molecule has 1 saturated heterocycles. The second kappa shape index (κ2) is 10.7. The Hall–Kier alpha value is -3.87. The maximum absolute atomic E-state index is 13.1. The summed E-state index contributed by atoms with van der Waals surface area (Å²) in [4.78, 5) is 33.8. The van der Waals surface area contributed by atoms with Crippen molar-refractivity contribution in [3.8, 4) is 17.1 Å². The van der Waals surface area contributed by atoms with Crippen molar-refractivity contribution >= 4 is 11.2 Å². The van der Waals surface area contributed by atoms with Gasteiger partial charge in [0, 0.05) is 25.8 Å². The standard InChI is InChI=1S/C26H30F3N7O3/c1-3-11-34-23-20(24(37)35(12-4-2)25(34)38)32-22(33-23)18-14-31-36(15-18)21(17-9-10-30-13-17)16-5-7-19(8-6-16)39-26(27,28)29/h5-8,14-15,17,21,30H,3-4,9-13H2,1-2H3,(H,32,33). The molecule has 1 aliphatic rings. The van der Waals surface area contributed by atoms with Crippen LogP contribution in [-0.4, -0.2) is 48.3 Å². The van der Waals surface area contributed by atoms with E-state index in [4.69, 9.17) is 0 Å². The number of hydrogen-bond acceptors (Lipinski definition) is 6. The van der Waals surface area contributed by atoms with Crippen LogP contribution in [-0.2, 0) is 13.1 Å². The highest BCUT2D eigenvalue weighted by Gasteiger charge is 2.32. The van der Waals surface area contributed by atoms with E-state index in [0.29, 0.717) is 43.0 Å². The molecular weight excluding hydrogens is 515 g/mol. The minimum absolute atomic E-state index is 0.152. The number of halogens is 3. The van der Waals surface area contributed by atoms with E-state index in [9.17, 15) is 22.8 Å². The molecule has 2 N–H and O–H groups in total. The van der Waals surface area contributed by atoms with Crippen LogP contribution in [0, 0.1) is 5.92 Å². The normalized spacial score (nSPS) is 16.7. The number of alkyl halides is 3. The average Bonchev–Trinajstić information content (AvgIpc) is 3.66. The molecule has 10 nitrogen and oxygen atoms in total. The van der Waals surface area contributed by atoms with Gasteiger partial charge in [-0.15, -0.1) is 13.2 Å². The molecule has 1 aliphatic heterocycles. The van der Waals surface area contributed by atoms with Gasteiger partial charge in [-0.2, -0.15) is 5.10 Å². The molecule has 1 fully saturated rings. The van der Waals surface area contributed by atoms with Gasteiger partial charge in [-0.3, -0.25) is 18.6 Å². The molecule has 208 valence electrons. The van der Waals surface area contributed by atoms with Gasteiger partial charge in [-0.1, -0.05) is 26.0 Å². The Morgan fingerprint density at radius 2 is 1.82 bits per heavy atom. The van der Waals surface area contributed by atoms with Crippen molar-refractivity contribution < 1.29 is 17.9 Å². The van der Waals surface area contributed by atoms with Gasteiger partial charge in [-0.25, -0.2) is 9.78 Å². The summed E-state index contributed by atoms with van der Waals surface area (Å²) in [5, 5.41) is 7.91. The van der Waals surface area contributed by atoms with Gasteiger partial charge in [0.1, 0.15) is 17.1 Å². The molecule has 5 rings (SSSR count). The van der Waals surface area contributed by atoms with Crippen molar-refractivity contribution in [2.24, 2.45) is 5.92 Å². The van der Waals surface area contributed by atoms with E-state index in [0.717, 1.165) is 25.1 Å². The largest absolute Gasteiger partial charge is 0.573 e. The minimum Gasteiger partial charge on any atom is -0.406 e. The molecule has 13 heteroatoms. The molecule has 4 aromatic rings. The molecule has 0 bridgehead atoms. The Balaban J connectivity index is 1.54. The topological polar surface area (TPSA) is 112 Å². The van der Waals surface area contributed by atoms with Crippen LogP contribution in [0.25, 0.3) is 22.6 Å². The fourth-order valence-electron chi connectivity index (χ4n) is 5.22. The van der Waals surface area contributed by atoms with Crippen molar-refractivity contribution in [1.29, 1.82) is 0 Å². The number of aromatic nitrogens is 6. The van der Waals surface area contributed by atoms with E-state index in [1.807, 2.05) is 13.8 Å². The van der Waals surface area contributed by atoms with Gasteiger partial charge in [0.05, 0.1) is 17.8 Å². The van der Waals surface area contributed by atoms with E-state index >= 15 is 0 Å². The molecule has 0 radical (unpaired) electrons. The zero-order chi connectivity index (χ0) is 27.7. The number of hydrogen-bond donors (Lipinski definition) is 2. The van der Waals surface area contributed by atoms with Crippen LogP contribution in [0.2, 0.25) is 0 Å². The Bertz CT molecular complexity index is 1560. The first kappa shape index (κ1) is 26.7. The Morgan fingerprint density at radius 3 is 2.46 bits per heavy atom. The summed E-state index contributed by atoms with van der Waals surface area (Å²) >= 11 is 0. The van der Waals surface area contributed by atoms with Crippen LogP contribution in [0.5, 0.6) is 5.75 Å². The Kier molecular flexibility index (Phi) is 7.34. The van der Waals surface area contributed by atoms with Crippen molar-refractivity contribution in [3.05, 3.63) is 63.1 Å². The fourth-order valence-corrected chi connectivity index (χ4v) is 5.22. The first-order valence-electron chi connectivity index (χ1n) is 13.0. The van der Waals surface area contributed by atoms with Gasteiger partial charge >= 0.3 is 12.1 Å². The van der Waals surface area contributed by atoms with E-state index in [1.54, 1.807) is 29.2 Å². The van der Waals surface area contributed by atoms with Crippen molar-refractivity contribution in [1.82, 2.24) is 34.2 Å².